The number of carbonyl (C=O) groups excluding carboxylic acids is 2. The Morgan fingerprint density at radius 2 is 1.83 bits per heavy atom. The molecule has 0 unspecified atom stereocenters. The van der Waals surface area contributed by atoms with Crippen LogP contribution in [0.2, 0.25) is 0 Å². The number of thioether (sulfide) groups is 1. The molecular weight excluding hydrogens is 402 g/mol. The summed E-state index contributed by atoms with van der Waals surface area (Å²) < 4.78 is 7.26. The van der Waals surface area contributed by atoms with Gasteiger partial charge in [0.25, 0.3) is 0 Å². The van der Waals surface area contributed by atoms with Gasteiger partial charge in [0, 0.05) is 23.5 Å². The van der Waals surface area contributed by atoms with Crippen LogP contribution in [0.4, 0.5) is 4.79 Å². The molecule has 8 nitrogen and oxygen atoms in total. The number of hydrogen-bond acceptors (Lipinski definition) is 6. The molecule has 30 heavy (non-hydrogen) atoms. The maximum Gasteiger partial charge on any atom is 0.324 e. The molecule has 1 fully saturated rings. The number of carbonyl (C=O) groups is 2. The highest BCUT2D eigenvalue weighted by Gasteiger charge is 2.27. The lowest BCUT2D eigenvalue weighted by molar-refractivity contribution is -0.124. The van der Waals surface area contributed by atoms with Gasteiger partial charge in [-0.2, -0.15) is 0 Å². The topological polar surface area (TPSA) is 89.4 Å². The van der Waals surface area contributed by atoms with Crippen LogP contribution < -0.4 is 10.1 Å². The molecule has 9 heteroatoms. The first-order chi connectivity index (χ1) is 14.7. The third-order valence-corrected chi connectivity index (χ3v) is 5.71. The van der Waals surface area contributed by atoms with Gasteiger partial charge in [0.05, 0.1) is 13.7 Å². The molecule has 0 spiro atoms. The lowest BCUT2D eigenvalue weighted by atomic mass is 10.2. The van der Waals surface area contributed by atoms with E-state index in [2.05, 4.69) is 15.5 Å². The third kappa shape index (κ3) is 4.16. The minimum absolute atomic E-state index is 0.0829. The zero-order valence-electron chi connectivity index (χ0n) is 16.4. The molecule has 154 valence electrons. The van der Waals surface area contributed by atoms with Gasteiger partial charge in [-0.15, -0.1) is 10.2 Å². The van der Waals surface area contributed by atoms with Crippen LogP contribution in [0.15, 0.2) is 59.8 Å². The molecule has 1 aromatic heterocycles. The van der Waals surface area contributed by atoms with E-state index in [-0.39, 0.29) is 18.5 Å². The van der Waals surface area contributed by atoms with Gasteiger partial charge in [0.1, 0.15) is 5.75 Å². The lowest BCUT2D eigenvalue weighted by Gasteiger charge is -2.12. The van der Waals surface area contributed by atoms with Crippen LogP contribution in [0, 0.1) is 0 Å². The molecular formula is C21H21N5O3S. The number of hydrogen-bond donors (Lipinski definition) is 1. The highest BCUT2D eigenvalue weighted by atomic mass is 32.2. The Morgan fingerprint density at radius 3 is 2.50 bits per heavy atom. The van der Waals surface area contributed by atoms with Crippen molar-refractivity contribution in [1.82, 2.24) is 25.0 Å². The van der Waals surface area contributed by atoms with Crippen LogP contribution >= 0.6 is 11.8 Å². The molecule has 1 N–H and O–H groups in total. The fourth-order valence-corrected chi connectivity index (χ4v) is 4.04. The molecule has 0 aliphatic carbocycles. The van der Waals surface area contributed by atoms with Gasteiger partial charge in [0.15, 0.2) is 11.0 Å². The normalized spacial score (nSPS) is 13.6. The minimum Gasteiger partial charge on any atom is -0.497 e. The van der Waals surface area contributed by atoms with Gasteiger partial charge in [-0.1, -0.05) is 30.0 Å². The number of aromatic nitrogens is 3. The van der Waals surface area contributed by atoms with Gasteiger partial charge in [-0.05, 0) is 42.8 Å². The molecule has 0 atom stereocenters. The predicted molar refractivity (Wildman–Crippen MR) is 114 cm³/mol. The monoisotopic (exact) mass is 423 g/mol. The molecule has 0 radical (unpaired) electrons. The predicted octanol–water partition coefficient (Wildman–Crippen LogP) is 2.98. The van der Waals surface area contributed by atoms with Gasteiger partial charge in [-0.25, -0.2) is 4.79 Å². The van der Waals surface area contributed by atoms with Crippen molar-refractivity contribution in [3.8, 4) is 22.8 Å². The fraction of sp³-hybridized carbons (Fsp3) is 0.238. The summed E-state index contributed by atoms with van der Waals surface area (Å²) in [6, 6.07) is 17.3. The molecule has 2 heterocycles. The first-order valence-electron chi connectivity index (χ1n) is 9.53. The van der Waals surface area contributed by atoms with E-state index in [0.717, 1.165) is 28.0 Å². The Balaban J connectivity index is 1.53. The van der Waals surface area contributed by atoms with Crippen LogP contribution in [0.5, 0.6) is 5.75 Å². The minimum atomic E-state index is -0.320. The molecule has 3 amide bonds. The largest absolute Gasteiger partial charge is 0.497 e. The lowest BCUT2D eigenvalue weighted by Crippen LogP contribution is -2.32. The fourth-order valence-electron chi connectivity index (χ4n) is 3.17. The number of urea groups is 1. The third-order valence-electron chi connectivity index (χ3n) is 4.69. The van der Waals surface area contributed by atoms with Gasteiger partial charge in [0.2, 0.25) is 5.91 Å². The maximum atomic E-state index is 11.7. The van der Waals surface area contributed by atoms with E-state index in [4.69, 9.17) is 4.74 Å². The van der Waals surface area contributed by atoms with Crippen LogP contribution in [-0.4, -0.2) is 57.6 Å². The Bertz CT molecular complexity index is 1020. The Morgan fingerprint density at radius 1 is 1.07 bits per heavy atom. The van der Waals surface area contributed by atoms with Crippen LogP contribution in [0.1, 0.15) is 6.42 Å². The van der Waals surface area contributed by atoms with Crippen molar-refractivity contribution in [2.24, 2.45) is 0 Å². The average Bonchev–Trinajstić information content (AvgIpc) is 3.35. The van der Waals surface area contributed by atoms with Crippen molar-refractivity contribution in [2.75, 3.05) is 26.0 Å². The summed E-state index contributed by atoms with van der Waals surface area (Å²) in [4.78, 5) is 24.6. The second-order valence-electron chi connectivity index (χ2n) is 6.61. The van der Waals surface area contributed by atoms with Gasteiger partial charge in [-0.3, -0.25) is 14.3 Å². The van der Waals surface area contributed by atoms with E-state index < -0.39 is 0 Å². The van der Waals surface area contributed by atoms with Gasteiger partial charge >= 0.3 is 6.03 Å². The summed E-state index contributed by atoms with van der Waals surface area (Å²) in [5.74, 6) is 2.03. The first-order valence-corrected chi connectivity index (χ1v) is 10.5. The number of para-hydroxylation sites is 1. The number of nitrogens with zero attached hydrogens (tertiary/aromatic N) is 4. The Labute approximate surface area is 178 Å². The Kier molecular flexibility index (Phi) is 5.99. The number of imide groups is 1. The van der Waals surface area contributed by atoms with Crippen LogP contribution in [0.25, 0.3) is 17.1 Å². The molecule has 0 saturated carbocycles. The maximum absolute atomic E-state index is 11.7. The van der Waals surface area contributed by atoms with E-state index in [1.807, 2.05) is 59.2 Å². The number of nitrogens with one attached hydrogen (secondary N) is 1. The molecule has 3 aromatic rings. The summed E-state index contributed by atoms with van der Waals surface area (Å²) in [7, 11) is 1.63. The number of amides is 3. The number of benzene rings is 2. The van der Waals surface area contributed by atoms with Crippen molar-refractivity contribution in [1.29, 1.82) is 0 Å². The first kappa shape index (κ1) is 20.0. The van der Waals surface area contributed by atoms with E-state index in [0.29, 0.717) is 18.7 Å². The summed E-state index contributed by atoms with van der Waals surface area (Å²) in [6.07, 6.45) is 0.670. The number of rotatable bonds is 8. The second-order valence-corrected chi connectivity index (χ2v) is 7.67. The Hall–Kier alpha value is -3.33. The summed E-state index contributed by atoms with van der Waals surface area (Å²) >= 11 is 1.55. The average molecular weight is 423 g/mol. The molecule has 1 saturated heterocycles. The van der Waals surface area contributed by atoms with Crippen LogP contribution in [0.3, 0.4) is 0 Å². The SMILES string of the molecule is COc1ccc(-c2nnc(SCCCN3C(=O)CNC3=O)n2-c2ccccc2)cc1. The summed E-state index contributed by atoms with van der Waals surface area (Å²) in [5.41, 5.74) is 1.89. The highest BCUT2D eigenvalue weighted by molar-refractivity contribution is 7.99. The molecule has 2 aromatic carbocycles. The molecule has 1 aliphatic heterocycles. The quantitative estimate of drug-likeness (QED) is 0.340. The molecule has 0 bridgehead atoms. The summed E-state index contributed by atoms with van der Waals surface area (Å²) in [6.45, 7) is 0.474. The van der Waals surface area contributed by atoms with Crippen molar-refractivity contribution >= 4 is 23.7 Å². The summed E-state index contributed by atoms with van der Waals surface area (Å²) in [5, 5.41) is 12.1. The standard InChI is InChI=1S/C21H21N5O3S/c1-29-17-10-8-15(9-11-17)19-23-24-21(26(19)16-6-3-2-4-7-16)30-13-5-12-25-18(27)14-22-20(25)28/h2-4,6-11H,5,12-14H2,1H3,(H,22,28). The van der Waals surface area contributed by atoms with Crippen molar-refractivity contribution < 1.29 is 14.3 Å². The zero-order valence-corrected chi connectivity index (χ0v) is 17.3. The number of ether oxygens (including phenoxy) is 1. The molecule has 4 rings (SSSR count). The second kappa shape index (κ2) is 9.00. The zero-order chi connectivity index (χ0) is 20.9. The smallest absolute Gasteiger partial charge is 0.324 e. The van der Waals surface area contributed by atoms with E-state index in [9.17, 15) is 9.59 Å². The van der Waals surface area contributed by atoms with E-state index in [1.165, 1.54) is 4.90 Å². The highest BCUT2D eigenvalue weighted by Crippen LogP contribution is 2.29. The van der Waals surface area contributed by atoms with Crippen molar-refractivity contribution in [3.05, 3.63) is 54.6 Å². The van der Waals surface area contributed by atoms with Gasteiger partial charge < -0.3 is 10.1 Å². The van der Waals surface area contributed by atoms with E-state index >= 15 is 0 Å². The van der Waals surface area contributed by atoms with E-state index in [1.54, 1.807) is 18.9 Å². The van der Waals surface area contributed by atoms with Crippen molar-refractivity contribution in [3.63, 3.8) is 0 Å². The van der Waals surface area contributed by atoms with Crippen LogP contribution in [-0.2, 0) is 4.79 Å². The van der Waals surface area contributed by atoms with Crippen molar-refractivity contribution in [2.45, 2.75) is 11.6 Å². The number of methoxy groups -OCH3 is 1. The molecule has 1 aliphatic rings.